The van der Waals surface area contributed by atoms with E-state index in [4.69, 9.17) is 0 Å². The van der Waals surface area contributed by atoms with Crippen molar-refractivity contribution in [1.29, 1.82) is 0 Å². The zero-order valence-corrected chi connectivity index (χ0v) is 14.9. The molecule has 1 aromatic carbocycles. The van der Waals surface area contributed by atoms with Gasteiger partial charge in [-0.3, -0.25) is 9.59 Å². The molecule has 4 nitrogen and oxygen atoms in total. The Morgan fingerprint density at radius 3 is 2.08 bits per heavy atom. The summed E-state index contributed by atoms with van der Waals surface area (Å²) in [5.41, 5.74) is 2.12. The van der Waals surface area contributed by atoms with Gasteiger partial charge < -0.3 is 10.6 Å². The summed E-state index contributed by atoms with van der Waals surface area (Å²) in [6.07, 6.45) is 6.33. The molecule has 0 aromatic heterocycles. The summed E-state index contributed by atoms with van der Waals surface area (Å²) < 4.78 is 0. The molecule has 0 spiro atoms. The van der Waals surface area contributed by atoms with E-state index in [1.165, 1.54) is 5.56 Å². The van der Waals surface area contributed by atoms with Gasteiger partial charge in [-0.05, 0) is 56.2 Å². The van der Waals surface area contributed by atoms with E-state index in [2.05, 4.69) is 24.5 Å². The van der Waals surface area contributed by atoms with Gasteiger partial charge in [0.15, 0.2) is 0 Å². The van der Waals surface area contributed by atoms with Gasteiger partial charge in [0.05, 0.1) is 0 Å². The van der Waals surface area contributed by atoms with Crippen molar-refractivity contribution in [1.82, 2.24) is 5.32 Å². The molecule has 0 heterocycles. The van der Waals surface area contributed by atoms with Gasteiger partial charge in [0.1, 0.15) is 0 Å². The fourth-order valence-electron chi connectivity index (χ4n) is 3.22. The van der Waals surface area contributed by atoms with Gasteiger partial charge in [-0.1, -0.05) is 32.4 Å². The number of unbranched alkanes of at least 4 members (excludes halogenated alkanes) is 1. The molecule has 1 aliphatic carbocycles. The van der Waals surface area contributed by atoms with Crippen LogP contribution in [0.15, 0.2) is 24.3 Å². The maximum Gasteiger partial charge on any atom is 0.227 e. The number of hydrogen-bond acceptors (Lipinski definition) is 2. The second-order valence-corrected chi connectivity index (χ2v) is 6.73. The van der Waals surface area contributed by atoms with Gasteiger partial charge in [-0.25, -0.2) is 0 Å². The fourth-order valence-corrected chi connectivity index (χ4v) is 3.22. The van der Waals surface area contributed by atoms with Crippen molar-refractivity contribution in [2.45, 2.75) is 58.8 Å². The van der Waals surface area contributed by atoms with E-state index >= 15 is 0 Å². The molecular weight excluding hydrogens is 300 g/mol. The van der Waals surface area contributed by atoms with Crippen molar-refractivity contribution in [2.75, 3.05) is 11.9 Å². The first kappa shape index (κ1) is 18.5. The highest BCUT2D eigenvalue weighted by atomic mass is 16.2. The summed E-state index contributed by atoms with van der Waals surface area (Å²) in [5, 5.41) is 6.02. The van der Waals surface area contributed by atoms with E-state index in [0.717, 1.165) is 57.2 Å². The van der Waals surface area contributed by atoms with Crippen LogP contribution in [-0.4, -0.2) is 18.4 Å². The van der Waals surface area contributed by atoms with Crippen molar-refractivity contribution in [3.05, 3.63) is 29.8 Å². The molecule has 1 saturated carbocycles. The molecule has 24 heavy (non-hydrogen) atoms. The lowest BCUT2D eigenvalue weighted by Gasteiger charge is -2.27. The summed E-state index contributed by atoms with van der Waals surface area (Å²) in [6, 6.07) is 8.02. The normalized spacial score (nSPS) is 20.4. The maximum absolute atomic E-state index is 12.4. The summed E-state index contributed by atoms with van der Waals surface area (Å²) in [4.78, 5) is 24.5. The monoisotopic (exact) mass is 330 g/mol. The molecule has 0 radical (unpaired) electrons. The SMILES string of the molecule is CCCCNC(=O)C1CCC(C(=O)Nc2ccc(CC)cc2)CC1. The molecule has 1 fully saturated rings. The molecule has 4 heteroatoms. The lowest BCUT2D eigenvalue weighted by Crippen LogP contribution is -2.35. The molecule has 0 aliphatic heterocycles. The maximum atomic E-state index is 12.4. The quantitative estimate of drug-likeness (QED) is 0.745. The summed E-state index contributed by atoms with van der Waals surface area (Å²) >= 11 is 0. The third-order valence-corrected chi connectivity index (χ3v) is 4.93. The van der Waals surface area contributed by atoms with E-state index in [1.54, 1.807) is 0 Å². The Bertz CT molecular complexity index is 531. The second-order valence-electron chi connectivity index (χ2n) is 6.73. The van der Waals surface area contributed by atoms with Crippen LogP contribution in [0.1, 0.15) is 57.9 Å². The molecule has 1 aliphatic rings. The minimum absolute atomic E-state index is 0.0237. The number of nitrogens with one attached hydrogen (secondary N) is 2. The second kappa shape index (κ2) is 9.45. The lowest BCUT2D eigenvalue weighted by atomic mass is 9.81. The molecule has 0 bridgehead atoms. The number of aryl methyl sites for hydroxylation is 1. The Morgan fingerprint density at radius 2 is 1.54 bits per heavy atom. The molecule has 0 unspecified atom stereocenters. The number of carbonyl (C=O) groups excluding carboxylic acids is 2. The zero-order chi connectivity index (χ0) is 17.4. The molecule has 132 valence electrons. The van der Waals surface area contributed by atoms with E-state index in [1.807, 2.05) is 24.3 Å². The molecule has 0 saturated heterocycles. The highest BCUT2D eigenvalue weighted by Crippen LogP contribution is 2.30. The Kier molecular flexibility index (Phi) is 7.29. The third-order valence-electron chi connectivity index (χ3n) is 4.93. The topological polar surface area (TPSA) is 58.2 Å². The summed E-state index contributed by atoms with van der Waals surface area (Å²) in [7, 11) is 0. The van der Waals surface area contributed by atoms with E-state index in [9.17, 15) is 9.59 Å². The third kappa shape index (κ3) is 5.36. The highest BCUT2D eigenvalue weighted by Gasteiger charge is 2.29. The Labute approximate surface area is 145 Å². The first-order valence-electron chi connectivity index (χ1n) is 9.31. The van der Waals surface area contributed by atoms with Gasteiger partial charge >= 0.3 is 0 Å². The van der Waals surface area contributed by atoms with E-state index < -0.39 is 0 Å². The van der Waals surface area contributed by atoms with E-state index in [0.29, 0.717) is 0 Å². The number of benzene rings is 1. The first-order valence-corrected chi connectivity index (χ1v) is 9.31. The molecule has 2 N–H and O–H groups in total. The van der Waals surface area contributed by atoms with Crippen LogP contribution in [0.2, 0.25) is 0 Å². The Balaban J connectivity index is 1.76. The van der Waals surface area contributed by atoms with Gasteiger partial charge in [-0.15, -0.1) is 0 Å². The molecule has 2 rings (SSSR count). The Morgan fingerprint density at radius 1 is 0.958 bits per heavy atom. The van der Waals surface area contributed by atoms with Crippen molar-refractivity contribution >= 4 is 17.5 Å². The van der Waals surface area contributed by atoms with Crippen LogP contribution in [0.25, 0.3) is 0 Å². The van der Waals surface area contributed by atoms with Crippen LogP contribution in [-0.2, 0) is 16.0 Å². The highest BCUT2D eigenvalue weighted by molar-refractivity contribution is 5.92. The predicted octanol–water partition coefficient (Wildman–Crippen LogP) is 3.91. The van der Waals surface area contributed by atoms with Crippen molar-refractivity contribution < 1.29 is 9.59 Å². The van der Waals surface area contributed by atoms with Crippen LogP contribution in [0, 0.1) is 11.8 Å². The van der Waals surface area contributed by atoms with Gasteiger partial charge in [0.2, 0.25) is 11.8 Å². The van der Waals surface area contributed by atoms with Crippen LogP contribution < -0.4 is 10.6 Å². The van der Waals surface area contributed by atoms with Crippen LogP contribution >= 0.6 is 0 Å². The summed E-state index contributed by atoms with van der Waals surface area (Å²) in [5.74, 6) is 0.354. The number of hydrogen-bond donors (Lipinski definition) is 2. The number of rotatable bonds is 7. The number of carbonyl (C=O) groups is 2. The largest absolute Gasteiger partial charge is 0.356 e. The smallest absolute Gasteiger partial charge is 0.227 e. The molecule has 1 aromatic rings. The van der Waals surface area contributed by atoms with Crippen molar-refractivity contribution in [3.8, 4) is 0 Å². The molecule has 2 amide bonds. The van der Waals surface area contributed by atoms with Crippen molar-refractivity contribution in [3.63, 3.8) is 0 Å². The molecular formula is C20H30N2O2. The van der Waals surface area contributed by atoms with Gasteiger partial charge in [0, 0.05) is 24.1 Å². The molecule has 0 atom stereocenters. The van der Waals surface area contributed by atoms with Crippen LogP contribution in [0.5, 0.6) is 0 Å². The summed E-state index contributed by atoms with van der Waals surface area (Å²) in [6.45, 7) is 5.00. The average molecular weight is 330 g/mol. The average Bonchev–Trinajstić information content (AvgIpc) is 2.62. The van der Waals surface area contributed by atoms with Crippen LogP contribution in [0.3, 0.4) is 0 Å². The fraction of sp³-hybridized carbons (Fsp3) is 0.600. The Hall–Kier alpha value is -1.84. The zero-order valence-electron chi connectivity index (χ0n) is 14.9. The predicted molar refractivity (Wildman–Crippen MR) is 97.8 cm³/mol. The minimum atomic E-state index is 0.0237. The van der Waals surface area contributed by atoms with E-state index in [-0.39, 0.29) is 23.7 Å². The number of amides is 2. The standard InChI is InChI=1S/C20H30N2O2/c1-3-5-14-21-19(23)16-8-10-17(11-9-16)20(24)22-18-12-6-15(4-2)7-13-18/h6-7,12-13,16-17H,3-5,8-11,14H2,1-2H3,(H,21,23)(H,22,24). The lowest BCUT2D eigenvalue weighted by molar-refractivity contribution is -0.128. The first-order chi connectivity index (χ1) is 11.6. The van der Waals surface area contributed by atoms with Gasteiger partial charge in [0.25, 0.3) is 0 Å². The number of anilines is 1. The minimum Gasteiger partial charge on any atom is -0.356 e. The van der Waals surface area contributed by atoms with Gasteiger partial charge in [-0.2, -0.15) is 0 Å². The van der Waals surface area contributed by atoms with Crippen LogP contribution in [0.4, 0.5) is 5.69 Å². The van der Waals surface area contributed by atoms with Crippen molar-refractivity contribution in [2.24, 2.45) is 11.8 Å².